The maximum atomic E-state index is 15.6. The number of H-pyrrole nitrogens is 1. The van der Waals surface area contributed by atoms with Crippen LogP contribution in [0.1, 0.15) is 120 Å². The van der Waals surface area contributed by atoms with Gasteiger partial charge in [-0.05, 0) is 83.6 Å². The Morgan fingerprint density at radius 1 is 0.706 bits per heavy atom. The SMILES string of the molecule is CCCCCCCCCCOc1ccc(C(=O)Oc2ccc(CSP3(=O)OC[C@H]4O[C@@H](n5ccc(=O)[nH]c5=O)[C@H](OP(=O)(SCc5ccc(C(=O)c6ccc(C)cc6)cc5)OC[C@H]5O[C@@H](n6cnc7c(N)ncnc76)C[C@@H]5O3)[C@@H]4OC)cc2)cc1. The molecular formula is C59H67N7O15P2S2. The molecule has 2 bridgehead atoms. The largest absolute Gasteiger partial charge is 0.494 e. The number of nitrogens with two attached hydrogens (primary N) is 1. The van der Waals surface area contributed by atoms with E-state index in [0.717, 1.165) is 51.8 Å². The minimum atomic E-state index is -4.45. The molecule has 9 atom stereocenters. The van der Waals surface area contributed by atoms with Crippen LogP contribution in [0.2, 0.25) is 0 Å². The predicted molar refractivity (Wildman–Crippen MR) is 321 cm³/mol. The molecule has 4 aromatic carbocycles. The summed E-state index contributed by atoms with van der Waals surface area (Å²) in [6.45, 7) is -4.96. The molecule has 6 heterocycles. The molecule has 450 valence electrons. The van der Waals surface area contributed by atoms with Crippen molar-refractivity contribution >= 4 is 65.1 Å². The minimum Gasteiger partial charge on any atom is -0.494 e. The third-order valence-corrected chi connectivity index (χ3v) is 22.0. The zero-order valence-electron chi connectivity index (χ0n) is 47.1. The fraction of sp³-hybridized carbons (Fsp3) is 0.407. The number of nitrogens with zero attached hydrogens (tertiary/aromatic N) is 5. The van der Waals surface area contributed by atoms with E-state index in [-0.39, 0.29) is 35.3 Å². The number of anilines is 1. The number of unbranched alkanes of at least 4 members (excludes halogenated alkanes) is 7. The maximum Gasteiger partial charge on any atom is 0.390 e. The molecule has 3 aromatic heterocycles. The summed E-state index contributed by atoms with van der Waals surface area (Å²) in [5.74, 6) is 0.484. The summed E-state index contributed by atoms with van der Waals surface area (Å²) in [6, 6.07) is 28.7. The summed E-state index contributed by atoms with van der Waals surface area (Å²) in [6.07, 6.45) is 5.54. The van der Waals surface area contributed by atoms with Crippen molar-refractivity contribution in [2.75, 3.05) is 32.7 Å². The zero-order valence-corrected chi connectivity index (χ0v) is 50.6. The lowest BCUT2D eigenvalue weighted by atomic mass is 10.0. The highest BCUT2D eigenvalue weighted by atomic mass is 32.7. The van der Waals surface area contributed by atoms with E-state index >= 15 is 9.13 Å². The number of carbonyl (C=O) groups excluding carboxylic acids is 2. The van der Waals surface area contributed by atoms with E-state index in [4.69, 9.17) is 47.5 Å². The second kappa shape index (κ2) is 28.5. The number of benzene rings is 4. The number of rotatable bonds is 23. The minimum absolute atomic E-state index is 0.0405. The summed E-state index contributed by atoms with van der Waals surface area (Å²) >= 11 is 1.70. The molecule has 0 saturated carbocycles. The van der Waals surface area contributed by atoms with Crippen molar-refractivity contribution in [3.05, 3.63) is 176 Å². The van der Waals surface area contributed by atoms with Crippen molar-refractivity contribution in [2.45, 2.75) is 126 Å². The van der Waals surface area contributed by atoms with E-state index in [2.05, 4.69) is 26.9 Å². The quantitative estimate of drug-likeness (QED) is 0.0198. The van der Waals surface area contributed by atoms with E-state index in [1.54, 1.807) is 89.5 Å². The van der Waals surface area contributed by atoms with Gasteiger partial charge in [0.1, 0.15) is 60.1 Å². The molecule has 2 unspecified atom stereocenters. The van der Waals surface area contributed by atoms with E-state index in [1.807, 2.05) is 19.1 Å². The summed E-state index contributed by atoms with van der Waals surface area (Å²) in [4.78, 5) is 67.5. The number of nitrogens with one attached hydrogen (secondary N) is 1. The zero-order chi connectivity index (χ0) is 59.5. The highest BCUT2D eigenvalue weighted by Gasteiger charge is 2.53. The Bertz CT molecular complexity index is 3630. The second-order valence-electron chi connectivity index (χ2n) is 20.8. The van der Waals surface area contributed by atoms with Crippen LogP contribution in [0.5, 0.6) is 11.5 Å². The fourth-order valence-corrected chi connectivity index (χ4v) is 16.8. The lowest BCUT2D eigenvalue weighted by molar-refractivity contribution is -0.0601. The standard InChI is InChI=1S/C59H67N7O15P2S2/c1-4-5-6-7-8-9-10-11-30-74-44-26-22-43(23-27-44)58(69)77-45-24-16-40(17-25-45)35-84-82(71)76-33-48-53(73-3)54(57(79-48)65-29-28-49(67)64-59(65)70)81-83(72,85-34-39-14-20-42(21-15-39)52(68)41-18-12-38(2)13-19-41)75-32-47-46(80-82)31-50(78-47)66-37-63-51-55(60)61-36-62-56(51)66/h12-29,36-37,46-48,50,53-54,57H,4-11,30-35H2,1-3H3,(H2,60,61,62)(H,64,67,70)/t46-,47+,48+,50+,53+,54+,57+,82?,83?/m0/s1. The highest BCUT2D eigenvalue weighted by molar-refractivity contribution is 8.55. The molecule has 3 aliphatic heterocycles. The lowest BCUT2D eigenvalue weighted by Gasteiger charge is -2.29. The van der Waals surface area contributed by atoms with Crippen LogP contribution in [0.25, 0.3) is 11.2 Å². The number of aromatic nitrogens is 6. The van der Waals surface area contributed by atoms with Crippen LogP contribution in [-0.4, -0.2) is 98.3 Å². The van der Waals surface area contributed by atoms with Crippen molar-refractivity contribution in [1.29, 1.82) is 0 Å². The second-order valence-corrected chi connectivity index (χ2v) is 28.8. The molecule has 22 nitrogen and oxygen atoms in total. The molecule has 26 heteroatoms. The average molecular weight is 1240 g/mol. The third-order valence-electron chi connectivity index (χ3n) is 14.7. The van der Waals surface area contributed by atoms with Gasteiger partial charge in [0.2, 0.25) is 0 Å². The first-order valence-corrected chi connectivity index (χ1v) is 34.4. The molecule has 3 aliphatic rings. The molecule has 10 rings (SSSR count). The van der Waals surface area contributed by atoms with Crippen molar-refractivity contribution in [3.8, 4) is 11.5 Å². The fourth-order valence-electron chi connectivity index (χ4n) is 10.0. The number of carbonyl (C=O) groups is 2. The number of fused-ring (bicyclic) bond motifs is 4. The van der Waals surface area contributed by atoms with Crippen LogP contribution in [0.15, 0.2) is 132 Å². The normalized spacial score (nSPS) is 24.2. The van der Waals surface area contributed by atoms with E-state index in [0.29, 0.717) is 51.3 Å². The van der Waals surface area contributed by atoms with E-state index < -0.39 is 87.0 Å². The Labute approximate surface area is 498 Å². The number of imidazole rings is 1. The van der Waals surface area contributed by atoms with Crippen LogP contribution in [-0.2, 0) is 52.9 Å². The monoisotopic (exact) mass is 1240 g/mol. The van der Waals surface area contributed by atoms with Crippen LogP contribution in [0, 0.1) is 6.92 Å². The number of methoxy groups -OCH3 is 1. The Hall–Kier alpha value is -6.27. The van der Waals surface area contributed by atoms with Gasteiger partial charge in [0, 0.05) is 48.4 Å². The number of ether oxygens (including phenoxy) is 5. The van der Waals surface area contributed by atoms with Gasteiger partial charge in [-0.2, -0.15) is 0 Å². The van der Waals surface area contributed by atoms with E-state index in [1.165, 1.54) is 64.5 Å². The first-order chi connectivity index (χ1) is 41.2. The first-order valence-electron chi connectivity index (χ1n) is 28.1. The first kappa shape index (κ1) is 61.8. The Kier molecular flexibility index (Phi) is 20.7. The van der Waals surface area contributed by atoms with Gasteiger partial charge in [-0.25, -0.2) is 33.7 Å². The molecule has 3 fully saturated rings. The molecule has 85 heavy (non-hydrogen) atoms. The van der Waals surface area contributed by atoms with Gasteiger partial charge in [-0.15, -0.1) is 0 Å². The molecule has 3 saturated heterocycles. The van der Waals surface area contributed by atoms with Gasteiger partial charge in [0.25, 0.3) is 5.56 Å². The van der Waals surface area contributed by atoms with Crippen molar-refractivity contribution in [1.82, 2.24) is 29.1 Å². The number of aryl methyl sites for hydroxylation is 1. The van der Waals surface area contributed by atoms with Crippen LogP contribution in [0.3, 0.4) is 0 Å². The van der Waals surface area contributed by atoms with Gasteiger partial charge in [0.15, 0.2) is 23.5 Å². The number of nitrogen functional groups attached to an aromatic ring is 1. The highest BCUT2D eigenvalue weighted by Crippen LogP contribution is 2.67. The van der Waals surface area contributed by atoms with Crippen molar-refractivity contribution < 1.29 is 60.5 Å². The van der Waals surface area contributed by atoms with Crippen LogP contribution >= 0.6 is 36.4 Å². The van der Waals surface area contributed by atoms with Gasteiger partial charge < -0.3 is 29.4 Å². The Morgan fingerprint density at radius 2 is 1.32 bits per heavy atom. The Morgan fingerprint density at radius 3 is 1.99 bits per heavy atom. The van der Waals surface area contributed by atoms with Crippen molar-refractivity contribution in [2.24, 2.45) is 0 Å². The molecule has 0 spiro atoms. The summed E-state index contributed by atoms with van der Waals surface area (Å²) in [7, 11) is 1.36. The summed E-state index contributed by atoms with van der Waals surface area (Å²) in [5, 5.41) is 0. The molecule has 0 aliphatic carbocycles. The molecule has 0 amide bonds. The van der Waals surface area contributed by atoms with Gasteiger partial charge in [-0.3, -0.25) is 41.8 Å². The number of hydrogen-bond donors (Lipinski definition) is 2. The number of esters is 1. The molecule has 7 aromatic rings. The van der Waals surface area contributed by atoms with Gasteiger partial charge in [0.05, 0.1) is 31.7 Å². The van der Waals surface area contributed by atoms with E-state index in [9.17, 15) is 19.2 Å². The predicted octanol–water partition coefficient (Wildman–Crippen LogP) is 11.3. The molecule has 0 radical (unpaired) electrons. The van der Waals surface area contributed by atoms with Crippen LogP contribution < -0.4 is 26.5 Å². The smallest absolute Gasteiger partial charge is 0.390 e. The third kappa shape index (κ3) is 15.7. The Balaban J connectivity index is 0.875. The summed E-state index contributed by atoms with van der Waals surface area (Å²) < 4.78 is 90.3. The number of ketones is 1. The number of hydrogen-bond acceptors (Lipinski definition) is 21. The number of aromatic amines is 1. The summed E-state index contributed by atoms with van der Waals surface area (Å²) in [5.41, 5.74) is 8.96. The maximum absolute atomic E-state index is 15.6. The average Bonchev–Trinajstić information content (AvgIpc) is 4.00. The van der Waals surface area contributed by atoms with Crippen molar-refractivity contribution in [3.63, 3.8) is 0 Å². The van der Waals surface area contributed by atoms with Crippen LogP contribution in [0.4, 0.5) is 5.82 Å². The van der Waals surface area contributed by atoms with Gasteiger partial charge in [-0.1, -0.05) is 118 Å². The molecule has 3 N–H and O–H groups in total. The lowest BCUT2D eigenvalue weighted by Crippen LogP contribution is -2.39. The van der Waals surface area contributed by atoms with Gasteiger partial charge >= 0.3 is 25.3 Å². The topological polar surface area (TPSA) is 276 Å². The molecular weight excluding hydrogens is 1170 g/mol.